The van der Waals surface area contributed by atoms with Crippen molar-refractivity contribution in [3.63, 3.8) is 0 Å². The number of nitrogens with zero attached hydrogens (tertiary/aromatic N) is 1. The van der Waals surface area contributed by atoms with E-state index in [9.17, 15) is 4.79 Å². The van der Waals surface area contributed by atoms with Gasteiger partial charge in [0, 0.05) is 18.5 Å². The first-order chi connectivity index (χ1) is 10.7. The maximum atomic E-state index is 11.9. The molecule has 0 heterocycles. The van der Waals surface area contributed by atoms with E-state index in [0.717, 1.165) is 23.1 Å². The molecule has 0 aliphatic heterocycles. The molecular formula is C17H20N4O. The number of hydrogen-bond acceptors (Lipinski definition) is 3. The zero-order chi connectivity index (χ0) is 15.8. The number of amidine groups is 1. The van der Waals surface area contributed by atoms with Crippen LogP contribution in [0.15, 0.2) is 59.7 Å². The molecule has 0 fully saturated rings. The first-order valence-electron chi connectivity index (χ1n) is 7.12. The largest absolute Gasteiger partial charge is 0.382 e. The second-order valence-corrected chi connectivity index (χ2v) is 4.98. The minimum Gasteiger partial charge on any atom is -0.382 e. The fourth-order valence-corrected chi connectivity index (χ4v) is 2.11. The van der Waals surface area contributed by atoms with E-state index in [2.05, 4.69) is 10.4 Å². The second kappa shape index (κ2) is 7.83. The highest BCUT2D eigenvalue weighted by atomic mass is 16.1. The first-order valence-corrected chi connectivity index (χ1v) is 7.12. The Balaban J connectivity index is 1.83. The normalized spacial score (nSPS) is 11.2. The minimum absolute atomic E-state index is 0.0229. The third kappa shape index (κ3) is 4.63. The zero-order valence-corrected chi connectivity index (χ0v) is 12.3. The van der Waals surface area contributed by atoms with Gasteiger partial charge in [-0.25, -0.2) is 0 Å². The molecule has 0 aliphatic rings. The van der Waals surface area contributed by atoms with E-state index in [1.165, 1.54) is 0 Å². The number of carbonyl (C=O) groups is 1. The molecule has 0 saturated heterocycles. The van der Waals surface area contributed by atoms with Crippen molar-refractivity contribution in [3.05, 3.63) is 71.3 Å². The molecule has 1 amide bonds. The van der Waals surface area contributed by atoms with Gasteiger partial charge in [-0.05, 0) is 23.6 Å². The van der Waals surface area contributed by atoms with Crippen LogP contribution in [0.3, 0.4) is 0 Å². The average molecular weight is 296 g/mol. The van der Waals surface area contributed by atoms with E-state index >= 15 is 0 Å². The summed E-state index contributed by atoms with van der Waals surface area (Å²) >= 11 is 0. The van der Waals surface area contributed by atoms with Crippen molar-refractivity contribution in [2.45, 2.75) is 19.4 Å². The lowest BCUT2D eigenvalue weighted by atomic mass is 10.1. The van der Waals surface area contributed by atoms with Crippen molar-refractivity contribution >= 4 is 11.7 Å². The van der Waals surface area contributed by atoms with Crippen LogP contribution in [0.5, 0.6) is 0 Å². The van der Waals surface area contributed by atoms with E-state index < -0.39 is 0 Å². The van der Waals surface area contributed by atoms with Crippen molar-refractivity contribution in [2.24, 2.45) is 16.7 Å². The SMILES string of the molecule is N/N=C(\N)c1cccc(CNC(=O)CCc2ccccc2)c1. The van der Waals surface area contributed by atoms with Crippen molar-refractivity contribution in [1.82, 2.24) is 5.32 Å². The first kappa shape index (κ1) is 15.6. The van der Waals surface area contributed by atoms with E-state index in [1.807, 2.05) is 54.6 Å². The van der Waals surface area contributed by atoms with Gasteiger partial charge < -0.3 is 16.9 Å². The summed E-state index contributed by atoms with van der Waals surface area (Å²) in [4.78, 5) is 11.9. The van der Waals surface area contributed by atoms with Crippen LogP contribution in [-0.4, -0.2) is 11.7 Å². The van der Waals surface area contributed by atoms with Crippen molar-refractivity contribution in [3.8, 4) is 0 Å². The summed E-state index contributed by atoms with van der Waals surface area (Å²) in [5.41, 5.74) is 8.53. The highest BCUT2D eigenvalue weighted by molar-refractivity contribution is 5.97. The Bertz CT molecular complexity index is 653. The Kier molecular flexibility index (Phi) is 5.54. The molecule has 5 N–H and O–H groups in total. The number of nitrogens with one attached hydrogen (secondary N) is 1. The van der Waals surface area contributed by atoms with Crippen LogP contribution in [-0.2, 0) is 17.8 Å². The monoisotopic (exact) mass is 296 g/mol. The van der Waals surface area contributed by atoms with E-state index in [4.69, 9.17) is 11.6 Å². The molecule has 0 radical (unpaired) electrons. The number of hydrazone groups is 1. The summed E-state index contributed by atoms with van der Waals surface area (Å²) in [6, 6.07) is 17.4. The van der Waals surface area contributed by atoms with Gasteiger partial charge in [0.25, 0.3) is 0 Å². The molecule has 0 saturated carbocycles. The Morgan fingerprint density at radius 1 is 1.05 bits per heavy atom. The summed E-state index contributed by atoms with van der Waals surface area (Å²) in [6.07, 6.45) is 1.20. The highest BCUT2D eigenvalue weighted by Gasteiger charge is 2.04. The van der Waals surface area contributed by atoms with Crippen LogP contribution in [0.4, 0.5) is 0 Å². The zero-order valence-electron chi connectivity index (χ0n) is 12.3. The second-order valence-electron chi connectivity index (χ2n) is 4.98. The van der Waals surface area contributed by atoms with Gasteiger partial charge in [0.15, 0.2) is 0 Å². The van der Waals surface area contributed by atoms with E-state index in [-0.39, 0.29) is 11.7 Å². The van der Waals surface area contributed by atoms with E-state index in [1.54, 1.807) is 0 Å². The van der Waals surface area contributed by atoms with Crippen LogP contribution in [0.2, 0.25) is 0 Å². The molecule has 114 valence electrons. The molecule has 2 rings (SSSR count). The van der Waals surface area contributed by atoms with Crippen molar-refractivity contribution in [2.75, 3.05) is 0 Å². The number of carbonyl (C=O) groups excluding carboxylic acids is 1. The number of aryl methyl sites for hydroxylation is 1. The Hall–Kier alpha value is -2.82. The van der Waals surface area contributed by atoms with Gasteiger partial charge in [0.05, 0.1) is 0 Å². The van der Waals surface area contributed by atoms with Gasteiger partial charge in [0.1, 0.15) is 5.84 Å². The average Bonchev–Trinajstić information content (AvgIpc) is 2.58. The molecule has 0 unspecified atom stereocenters. The molecule has 5 nitrogen and oxygen atoms in total. The van der Waals surface area contributed by atoms with Gasteiger partial charge in [-0.2, -0.15) is 5.10 Å². The van der Waals surface area contributed by atoms with Crippen molar-refractivity contribution in [1.29, 1.82) is 0 Å². The molecule has 0 aliphatic carbocycles. The van der Waals surface area contributed by atoms with Gasteiger partial charge in [0.2, 0.25) is 5.91 Å². The highest BCUT2D eigenvalue weighted by Crippen LogP contribution is 2.06. The molecule has 0 aromatic heterocycles. The number of hydrogen-bond donors (Lipinski definition) is 3. The van der Waals surface area contributed by atoms with Crippen LogP contribution in [0.25, 0.3) is 0 Å². The molecule has 0 spiro atoms. The number of nitrogens with two attached hydrogens (primary N) is 2. The fraction of sp³-hybridized carbons (Fsp3) is 0.176. The molecule has 5 heteroatoms. The van der Waals surface area contributed by atoms with Crippen LogP contribution in [0, 0.1) is 0 Å². The van der Waals surface area contributed by atoms with Crippen molar-refractivity contribution < 1.29 is 4.79 Å². The molecule has 0 atom stereocenters. The number of rotatable bonds is 6. The lowest BCUT2D eigenvalue weighted by molar-refractivity contribution is -0.121. The molecule has 2 aromatic carbocycles. The molecular weight excluding hydrogens is 276 g/mol. The predicted octanol–water partition coefficient (Wildman–Crippen LogP) is 1.51. The quantitative estimate of drug-likeness (QED) is 0.326. The third-order valence-corrected chi connectivity index (χ3v) is 3.34. The standard InChI is InChI=1S/C17H20N4O/c18-17(21-19)15-8-4-7-14(11-15)12-20-16(22)10-9-13-5-2-1-3-6-13/h1-8,11H,9-10,12,19H2,(H2,18,21)(H,20,22). The predicted molar refractivity (Wildman–Crippen MR) is 88.0 cm³/mol. The molecule has 0 bridgehead atoms. The van der Waals surface area contributed by atoms with Gasteiger partial charge in [-0.1, -0.05) is 48.5 Å². The summed E-state index contributed by atoms with van der Waals surface area (Å²) < 4.78 is 0. The van der Waals surface area contributed by atoms with Gasteiger partial charge in [-0.15, -0.1) is 0 Å². The Morgan fingerprint density at radius 3 is 2.50 bits per heavy atom. The van der Waals surface area contributed by atoms with Crippen LogP contribution in [0.1, 0.15) is 23.1 Å². The Morgan fingerprint density at radius 2 is 1.77 bits per heavy atom. The summed E-state index contributed by atoms with van der Waals surface area (Å²) in [6.45, 7) is 0.458. The van der Waals surface area contributed by atoms with Crippen LogP contribution < -0.4 is 16.9 Å². The lowest BCUT2D eigenvalue weighted by Gasteiger charge is -2.07. The fourth-order valence-electron chi connectivity index (χ4n) is 2.11. The Labute approximate surface area is 130 Å². The maximum Gasteiger partial charge on any atom is 0.220 e. The third-order valence-electron chi connectivity index (χ3n) is 3.34. The summed E-state index contributed by atoms with van der Waals surface area (Å²) in [7, 11) is 0. The number of benzene rings is 2. The number of amides is 1. The molecule has 2 aromatic rings. The molecule has 22 heavy (non-hydrogen) atoms. The lowest BCUT2D eigenvalue weighted by Crippen LogP contribution is -2.23. The topological polar surface area (TPSA) is 93.5 Å². The summed E-state index contributed by atoms with van der Waals surface area (Å²) in [5, 5.41) is 6.37. The van der Waals surface area contributed by atoms with Gasteiger partial charge >= 0.3 is 0 Å². The van der Waals surface area contributed by atoms with Gasteiger partial charge in [-0.3, -0.25) is 4.79 Å². The smallest absolute Gasteiger partial charge is 0.220 e. The van der Waals surface area contributed by atoms with Crippen LogP contribution >= 0.6 is 0 Å². The van der Waals surface area contributed by atoms with E-state index in [0.29, 0.717) is 13.0 Å². The summed E-state index contributed by atoms with van der Waals surface area (Å²) in [5.74, 6) is 5.46. The minimum atomic E-state index is 0.0229. The maximum absolute atomic E-state index is 11.9.